The quantitative estimate of drug-likeness (QED) is 0.504. The summed E-state index contributed by atoms with van der Waals surface area (Å²) >= 11 is 11.4. The molecule has 4 nitrogen and oxygen atoms in total. The first kappa shape index (κ1) is 12.8. The van der Waals surface area contributed by atoms with Gasteiger partial charge in [0.15, 0.2) is 0 Å². The minimum atomic E-state index is -0.547. The van der Waals surface area contributed by atoms with E-state index < -0.39 is 4.92 Å². The lowest BCUT2D eigenvalue weighted by Gasteiger charge is -1.98. The van der Waals surface area contributed by atoms with Gasteiger partial charge in [-0.05, 0) is 6.07 Å². The Morgan fingerprint density at radius 3 is 2.56 bits per heavy atom. The number of hydrogen-bond donors (Lipinski definition) is 1. The predicted molar refractivity (Wildman–Crippen MR) is 63.7 cm³/mol. The van der Waals surface area contributed by atoms with Crippen LogP contribution in [-0.4, -0.2) is 11.5 Å². The van der Waals surface area contributed by atoms with Crippen LogP contribution in [0.2, 0.25) is 10.0 Å². The van der Waals surface area contributed by atoms with E-state index in [9.17, 15) is 10.1 Å². The fourth-order valence-electron chi connectivity index (χ4n) is 1.02. The van der Waals surface area contributed by atoms with Crippen molar-refractivity contribution in [1.82, 2.24) is 0 Å². The molecule has 2 N–H and O–H groups in total. The van der Waals surface area contributed by atoms with E-state index in [0.29, 0.717) is 13.0 Å². The van der Waals surface area contributed by atoms with Crippen LogP contribution in [-0.2, 0) is 0 Å². The van der Waals surface area contributed by atoms with E-state index in [2.05, 4.69) is 11.8 Å². The lowest BCUT2D eigenvalue weighted by molar-refractivity contribution is -0.385. The van der Waals surface area contributed by atoms with E-state index >= 15 is 0 Å². The SMILES string of the molecule is NCCC#Cc1cc(Cl)c(Cl)cc1[N+](=O)[O-]. The molecule has 0 unspecified atom stereocenters. The van der Waals surface area contributed by atoms with Gasteiger partial charge in [0.25, 0.3) is 5.69 Å². The molecule has 0 amide bonds. The van der Waals surface area contributed by atoms with E-state index in [0.717, 1.165) is 0 Å². The minimum absolute atomic E-state index is 0.137. The van der Waals surface area contributed by atoms with Crippen LogP contribution >= 0.6 is 23.2 Å². The first-order valence-electron chi connectivity index (χ1n) is 4.38. The third-order valence-electron chi connectivity index (χ3n) is 1.73. The number of nitrogens with two attached hydrogens (primary N) is 1. The third kappa shape index (κ3) is 3.11. The second-order valence-electron chi connectivity index (χ2n) is 2.88. The molecular formula is C10H8Cl2N2O2. The van der Waals surface area contributed by atoms with E-state index in [1.807, 2.05) is 0 Å². The maximum atomic E-state index is 10.7. The maximum absolute atomic E-state index is 10.7. The van der Waals surface area contributed by atoms with Crippen LogP contribution in [0.5, 0.6) is 0 Å². The summed E-state index contributed by atoms with van der Waals surface area (Å²) in [6, 6.07) is 2.57. The Morgan fingerprint density at radius 2 is 2.00 bits per heavy atom. The number of hydrogen-bond acceptors (Lipinski definition) is 3. The first-order chi connectivity index (χ1) is 7.56. The Hall–Kier alpha value is -1.28. The summed E-state index contributed by atoms with van der Waals surface area (Å²) in [6.45, 7) is 0.405. The van der Waals surface area contributed by atoms with Crippen molar-refractivity contribution in [2.45, 2.75) is 6.42 Å². The van der Waals surface area contributed by atoms with Crippen LogP contribution in [0, 0.1) is 22.0 Å². The lowest BCUT2D eigenvalue weighted by atomic mass is 10.2. The molecule has 0 saturated carbocycles. The summed E-state index contributed by atoms with van der Waals surface area (Å²) in [4.78, 5) is 10.2. The van der Waals surface area contributed by atoms with Gasteiger partial charge in [-0.2, -0.15) is 0 Å². The van der Waals surface area contributed by atoms with Gasteiger partial charge in [-0.1, -0.05) is 35.0 Å². The molecule has 0 heterocycles. The summed E-state index contributed by atoms with van der Waals surface area (Å²) in [5.74, 6) is 5.36. The van der Waals surface area contributed by atoms with Crippen LogP contribution in [0.3, 0.4) is 0 Å². The molecule has 0 aliphatic heterocycles. The zero-order valence-corrected chi connectivity index (χ0v) is 9.68. The molecule has 0 atom stereocenters. The van der Waals surface area contributed by atoms with Crippen molar-refractivity contribution in [2.24, 2.45) is 5.73 Å². The van der Waals surface area contributed by atoms with E-state index in [1.165, 1.54) is 12.1 Å². The van der Waals surface area contributed by atoms with Gasteiger partial charge in [0.1, 0.15) is 5.56 Å². The predicted octanol–water partition coefficient (Wildman–Crippen LogP) is 2.60. The molecule has 6 heteroatoms. The summed E-state index contributed by atoms with van der Waals surface area (Å²) in [6.07, 6.45) is 0.470. The molecule has 0 radical (unpaired) electrons. The third-order valence-corrected chi connectivity index (χ3v) is 2.45. The topological polar surface area (TPSA) is 69.2 Å². The van der Waals surface area contributed by atoms with Crippen molar-refractivity contribution in [2.75, 3.05) is 6.54 Å². The second-order valence-corrected chi connectivity index (χ2v) is 3.70. The summed E-state index contributed by atoms with van der Waals surface area (Å²) < 4.78 is 0. The Morgan fingerprint density at radius 1 is 1.38 bits per heavy atom. The molecule has 0 aliphatic rings. The number of nitro benzene ring substituents is 1. The number of nitrogens with zero attached hydrogens (tertiary/aromatic N) is 1. The zero-order chi connectivity index (χ0) is 12.1. The van der Waals surface area contributed by atoms with Crippen molar-refractivity contribution >= 4 is 28.9 Å². The van der Waals surface area contributed by atoms with Gasteiger partial charge in [-0.3, -0.25) is 10.1 Å². The van der Waals surface area contributed by atoms with Crippen molar-refractivity contribution in [3.05, 3.63) is 37.9 Å². The highest BCUT2D eigenvalue weighted by atomic mass is 35.5. The second kappa shape index (κ2) is 5.71. The smallest absolute Gasteiger partial charge is 0.286 e. The largest absolute Gasteiger partial charge is 0.330 e. The molecule has 0 saturated heterocycles. The van der Waals surface area contributed by atoms with Crippen LogP contribution in [0.1, 0.15) is 12.0 Å². The monoisotopic (exact) mass is 258 g/mol. The molecule has 0 fully saturated rings. The fourth-order valence-corrected chi connectivity index (χ4v) is 1.34. The average Bonchev–Trinajstić information content (AvgIpc) is 2.23. The van der Waals surface area contributed by atoms with Gasteiger partial charge in [0.05, 0.1) is 15.0 Å². The van der Waals surface area contributed by atoms with Gasteiger partial charge in [-0.25, -0.2) is 0 Å². The number of halogens is 2. The normalized spacial score (nSPS) is 9.44. The highest BCUT2D eigenvalue weighted by Crippen LogP contribution is 2.29. The molecule has 1 rings (SSSR count). The standard InChI is InChI=1S/C10H8Cl2N2O2/c11-8-5-7(3-1-2-4-13)10(14(15)16)6-9(8)12/h5-6H,2,4,13H2. The molecule has 0 aliphatic carbocycles. The van der Waals surface area contributed by atoms with Crippen LogP contribution in [0.4, 0.5) is 5.69 Å². The van der Waals surface area contributed by atoms with E-state index in [4.69, 9.17) is 28.9 Å². The summed E-state index contributed by atoms with van der Waals surface area (Å²) in [5, 5.41) is 11.1. The van der Waals surface area contributed by atoms with Gasteiger partial charge in [-0.15, -0.1) is 0 Å². The van der Waals surface area contributed by atoms with Crippen LogP contribution < -0.4 is 5.73 Å². The highest BCUT2D eigenvalue weighted by molar-refractivity contribution is 6.42. The maximum Gasteiger partial charge on any atom is 0.286 e. The lowest BCUT2D eigenvalue weighted by Crippen LogP contribution is -1.96. The van der Waals surface area contributed by atoms with E-state index in [1.54, 1.807) is 0 Å². The van der Waals surface area contributed by atoms with Gasteiger partial charge in [0.2, 0.25) is 0 Å². The summed E-state index contributed by atoms with van der Waals surface area (Å²) in [7, 11) is 0. The van der Waals surface area contributed by atoms with Gasteiger partial charge < -0.3 is 5.73 Å². The van der Waals surface area contributed by atoms with Crippen LogP contribution in [0.15, 0.2) is 12.1 Å². The molecule has 16 heavy (non-hydrogen) atoms. The van der Waals surface area contributed by atoms with E-state index in [-0.39, 0.29) is 21.3 Å². The average molecular weight is 259 g/mol. The molecule has 0 spiro atoms. The molecule has 0 aromatic heterocycles. The Labute approximate surface area is 102 Å². The van der Waals surface area contributed by atoms with Gasteiger partial charge >= 0.3 is 0 Å². The zero-order valence-electron chi connectivity index (χ0n) is 8.17. The molecular weight excluding hydrogens is 251 g/mol. The molecule has 0 bridgehead atoms. The number of benzene rings is 1. The molecule has 1 aromatic carbocycles. The fraction of sp³-hybridized carbons (Fsp3) is 0.200. The first-order valence-corrected chi connectivity index (χ1v) is 5.14. The van der Waals surface area contributed by atoms with Gasteiger partial charge in [0, 0.05) is 19.0 Å². The Balaban J connectivity index is 3.21. The number of rotatable bonds is 2. The van der Waals surface area contributed by atoms with Crippen molar-refractivity contribution in [3.63, 3.8) is 0 Å². The Bertz CT molecular complexity index is 478. The van der Waals surface area contributed by atoms with Crippen molar-refractivity contribution in [1.29, 1.82) is 0 Å². The van der Waals surface area contributed by atoms with Crippen LogP contribution in [0.25, 0.3) is 0 Å². The highest BCUT2D eigenvalue weighted by Gasteiger charge is 2.15. The minimum Gasteiger partial charge on any atom is -0.330 e. The number of nitro groups is 1. The van der Waals surface area contributed by atoms with Crippen molar-refractivity contribution in [3.8, 4) is 11.8 Å². The molecule has 84 valence electrons. The summed E-state index contributed by atoms with van der Waals surface area (Å²) in [5.41, 5.74) is 5.35. The van der Waals surface area contributed by atoms with Crippen molar-refractivity contribution < 1.29 is 4.92 Å². The Kier molecular flexibility index (Phi) is 4.56. The molecule has 1 aromatic rings.